The Labute approximate surface area is 273 Å². The monoisotopic (exact) mass is 635 g/mol. The number of hydrogen-bond donors (Lipinski definition) is 3. The molecule has 0 heterocycles. The van der Waals surface area contributed by atoms with E-state index in [1.54, 1.807) is 6.92 Å². The molecule has 1 aliphatic carbocycles. The fourth-order valence-electron chi connectivity index (χ4n) is 4.22. The molecule has 254 valence electrons. The van der Waals surface area contributed by atoms with Gasteiger partial charge in [0.05, 0.1) is 6.10 Å². The van der Waals surface area contributed by atoms with Gasteiger partial charge in [-0.2, -0.15) is 0 Å². The molecule has 2 amide bonds. The van der Waals surface area contributed by atoms with Gasteiger partial charge in [-0.1, -0.05) is 110 Å². The van der Waals surface area contributed by atoms with E-state index in [-0.39, 0.29) is 24.2 Å². The smallest absolute Gasteiger partial charge is 0.223 e. The molecule has 44 heavy (non-hydrogen) atoms. The lowest BCUT2D eigenvalue weighted by atomic mass is 9.91. The number of hydrogen-bond acceptors (Lipinski definition) is 5. The van der Waals surface area contributed by atoms with Crippen LogP contribution in [-0.4, -0.2) is 69.8 Å². The molecule has 1 aliphatic rings. The number of amides is 2. The Hall–Kier alpha value is -2.21. The molecule has 0 aromatic heterocycles. The van der Waals surface area contributed by atoms with Crippen molar-refractivity contribution in [3.63, 3.8) is 0 Å². The Bertz CT molecular complexity index is 894. The van der Waals surface area contributed by atoms with Crippen molar-refractivity contribution in [2.75, 3.05) is 37.7 Å². The molecule has 1 unspecified atom stereocenters. The van der Waals surface area contributed by atoms with Crippen LogP contribution in [0.1, 0.15) is 105 Å². The van der Waals surface area contributed by atoms with Crippen LogP contribution in [0.3, 0.4) is 0 Å². The van der Waals surface area contributed by atoms with Crippen LogP contribution < -0.4 is 11.1 Å². The molecule has 1 saturated carbocycles. The number of nitrogens with two attached hydrogens (primary N) is 1. The van der Waals surface area contributed by atoms with E-state index in [1.165, 1.54) is 37.7 Å². The summed E-state index contributed by atoms with van der Waals surface area (Å²) >= 11 is 0. The second-order valence-corrected chi connectivity index (χ2v) is 13.9. The number of rotatable bonds is 15. The fourth-order valence-corrected chi connectivity index (χ4v) is 5.31. The van der Waals surface area contributed by atoms with Crippen molar-refractivity contribution in [2.24, 2.45) is 23.5 Å². The molecular weight excluding hydrogens is 570 g/mol. The lowest BCUT2D eigenvalue weighted by molar-refractivity contribution is -0.124. The number of carbonyl (C=O) groups is 2. The standard InChI is InChI=1S/C13H23NO2.C9H20N2O2S.C7H14.C7H8/c1-5-6-11(4)13(16)14-9-12(15)8-7-10(2)3;1-3-11(4-2)6-8-14(13)7-5-9(10)12;2*1-7-5-3-2-4-6-7/h1,10-12,15H,6-9H2,2-4H3,(H,14,16);3-8H2,1-2H3,(H2,10,12);7H,2-6H2,1H3;2-6H,1H3/t11-,12-;;;/m0.../s1. The highest BCUT2D eigenvalue weighted by molar-refractivity contribution is 7.85. The minimum absolute atomic E-state index is 0.0819. The number of carbonyl (C=O) groups excluding carboxylic acids is 2. The summed E-state index contributed by atoms with van der Waals surface area (Å²) in [5, 5.41) is 12.3. The zero-order valence-corrected chi connectivity index (χ0v) is 29.8. The summed E-state index contributed by atoms with van der Waals surface area (Å²) in [6, 6.07) is 10.3. The maximum atomic E-state index is 11.5. The second-order valence-electron chi connectivity index (χ2n) is 12.2. The van der Waals surface area contributed by atoms with Crippen molar-refractivity contribution >= 4 is 22.6 Å². The Balaban J connectivity index is 0. The molecule has 0 saturated heterocycles. The van der Waals surface area contributed by atoms with Gasteiger partial charge in [-0.15, -0.1) is 12.3 Å². The third-order valence-electron chi connectivity index (χ3n) is 7.40. The van der Waals surface area contributed by atoms with E-state index in [0.29, 0.717) is 30.4 Å². The van der Waals surface area contributed by atoms with Gasteiger partial charge >= 0.3 is 0 Å². The first kappa shape index (κ1) is 43.9. The molecule has 0 spiro atoms. The van der Waals surface area contributed by atoms with Crippen LogP contribution in [0.5, 0.6) is 0 Å². The number of nitrogens with one attached hydrogen (secondary N) is 1. The molecule has 1 aromatic carbocycles. The van der Waals surface area contributed by atoms with Crippen LogP contribution in [0.25, 0.3) is 0 Å². The average molecular weight is 636 g/mol. The van der Waals surface area contributed by atoms with E-state index in [4.69, 9.17) is 12.2 Å². The van der Waals surface area contributed by atoms with Gasteiger partial charge in [0.2, 0.25) is 11.8 Å². The molecule has 1 fully saturated rings. The SMILES string of the molecule is C#CC[C@H](C)C(=O)NC[C@@H](O)CCC(C)C.CC1CCCCC1.CCN(CC)CCS(=O)CCC(N)=O.Cc1ccccc1. The van der Waals surface area contributed by atoms with Crippen molar-refractivity contribution in [2.45, 2.75) is 112 Å². The van der Waals surface area contributed by atoms with Gasteiger partial charge in [-0.05, 0) is 44.7 Å². The molecule has 1 aromatic rings. The van der Waals surface area contributed by atoms with Crippen LogP contribution >= 0.6 is 0 Å². The summed E-state index contributed by atoms with van der Waals surface area (Å²) in [7, 11) is -0.907. The molecule has 2 rings (SSSR count). The van der Waals surface area contributed by atoms with Crippen LogP contribution in [-0.2, 0) is 20.4 Å². The third kappa shape index (κ3) is 29.8. The first-order valence-electron chi connectivity index (χ1n) is 16.6. The highest BCUT2D eigenvalue weighted by Gasteiger charge is 2.13. The molecule has 0 bridgehead atoms. The Morgan fingerprint density at radius 3 is 2.07 bits per heavy atom. The summed E-state index contributed by atoms with van der Waals surface area (Å²) in [4.78, 5) is 24.1. The highest BCUT2D eigenvalue weighted by Crippen LogP contribution is 2.22. The highest BCUT2D eigenvalue weighted by atomic mass is 32.2. The molecule has 0 radical (unpaired) electrons. The largest absolute Gasteiger partial charge is 0.391 e. The average Bonchev–Trinajstić information content (AvgIpc) is 3.00. The number of aryl methyl sites for hydroxylation is 1. The fraction of sp³-hybridized carbons (Fsp3) is 0.722. The van der Waals surface area contributed by atoms with Crippen LogP contribution in [0, 0.1) is 37.0 Å². The van der Waals surface area contributed by atoms with Gasteiger partial charge in [-0.25, -0.2) is 0 Å². The van der Waals surface area contributed by atoms with Gasteiger partial charge in [-0.3, -0.25) is 13.8 Å². The molecule has 4 N–H and O–H groups in total. The quantitative estimate of drug-likeness (QED) is 0.202. The second kappa shape index (κ2) is 29.5. The summed E-state index contributed by atoms with van der Waals surface area (Å²) in [5.74, 6) is 4.46. The van der Waals surface area contributed by atoms with Gasteiger partial charge in [0.1, 0.15) is 0 Å². The summed E-state index contributed by atoms with van der Waals surface area (Å²) in [6.07, 6.45) is 14.5. The zero-order chi connectivity index (χ0) is 33.8. The number of aliphatic hydroxyl groups excluding tert-OH is 1. The van der Waals surface area contributed by atoms with E-state index in [9.17, 15) is 18.9 Å². The van der Waals surface area contributed by atoms with Crippen LogP contribution in [0.4, 0.5) is 0 Å². The summed E-state index contributed by atoms with van der Waals surface area (Å²) in [6.45, 7) is 17.7. The lowest BCUT2D eigenvalue weighted by Crippen LogP contribution is -2.35. The van der Waals surface area contributed by atoms with E-state index in [1.807, 2.05) is 18.2 Å². The van der Waals surface area contributed by atoms with E-state index >= 15 is 0 Å². The Morgan fingerprint density at radius 1 is 1.07 bits per heavy atom. The molecule has 3 atom stereocenters. The summed E-state index contributed by atoms with van der Waals surface area (Å²) < 4.78 is 11.4. The topological polar surface area (TPSA) is 113 Å². The van der Waals surface area contributed by atoms with Crippen molar-refractivity contribution in [1.29, 1.82) is 0 Å². The molecular formula is C36H65N3O4S. The van der Waals surface area contributed by atoms with E-state index in [0.717, 1.165) is 38.4 Å². The minimum Gasteiger partial charge on any atom is -0.391 e. The number of benzene rings is 1. The molecule has 8 heteroatoms. The number of nitrogens with zero attached hydrogens (tertiary/aromatic N) is 1. The predicted molar refractivity (Wildman–Crippen MR) is 189 cm³/mol. The van der Waals surface area contributed by atoms with Crippen molar-refractivity contribution in [3.05, 3.63) is 35.9 Å². The van der Waals surface area contributed by atoms with Gasteiger partial charge in [0, 0.05) is 54.2 Å². The normalized spacial score (nSPS) is 14.8. The van der Waals surface area contributed by atoms with Crippen LogP contribution in [0.15, 0.2) is 30.3 Å². The Morgan fingerprint density at radius 2 is 1.66 bits per heavy atom. The summed E-state index contributed by atoms with van der Waals surface area (Å²) in [5.41, 5.74) is 6.29. The van der Waals surface area contributed by atoms with Crippen LogP contribution in [0.2, 0.25) is 0 Å². The lowest BCUT2D eigenvalue weighted by Gasteiger charge is -2.17. The zero-order valence-electron chi connectivity index (χ0n) is 29.0. The predicted octanol–water partition coefficient (Wildman–Crippen LogP) is 6.09. The molecule has 7 nitrogen and oxygen atoms in total. The first-order valence-corrected chi connectivity index (χ1v) is 18.1. The van der Waals surface area contributed by atoms with E-state index in [2.05, 4.69) is 69.8 Å². The number of terminal acetylenes is 1. The van der Waals surface area contributed by atoms with Crippen molar-refractivity contribution in [3.8, 4) is 12.3 Å². The molecule has 0 aliphatic heterocycles. The minimum atomic E-state index is -0.907. The van der Waals surface area contributed by atoms with Crippen molar-refractivity contribution < 1.29 is 18.9 Å². The van der Waals surface area contributed by atoms with Gasteiger partial charge < -0.3 is 21.1 Å². The maximum absolute atomic E-state index is 11.5. The van der Waals surface area contributed by atoms with E-state index < -0.39 is 16.9 Å². The van der Waals surface area contributed by atoms with Gasteiger partial charge in [0.25, 0.3) is 0 Å². The number of aliphatic hydroxyl groups is 1. The van der Waals surface area contributed by atoms with Gasteiger partial charge in [0.15, 0.2) is 0 Å². The van der Waals surface area contributed by atoms with Crippen molar-refractivity contribution in [1.82, 2.24) is 10.2 Å². The third-order valence-corrected chi connectivity index (χ3v) is 8.70. The Kier molecular flexibility index (Phi) is 29.4. The maximum Gasteiger partial charge on any atom is 0.223 e. The number of primary amides is 1. The first-order chi connectivity index (χ1) is 20.9.